The molecular formula is C17H24ClN3O3. The first kappa shape index (κ1) is 18.7. The number of rotatable bonds is 6. The van der Waals surface area contributed by atoms with Crippen LogP contribution < -0.4 is 5.32 Å². The van der Waals surface area contributed by atoms with E-state index in [1.165, 1.54) is 6.20 Å². The van der Waals surface area contributed by atoms with Crippen LogP contribution in [0.5, 0.6) is 0 Å². The van der Waals surface area contributed by atoms with E-state index in [4.69, 9.17) is 16.7 Å². The molecule has 1 saturated heterocycles. The van der Waals surface area contributed by atoms with E-state index in [1.807, 2.05) is 4.90 Å². The zero-order valence-corrected chi connectivity index (χ0v) is 14.6. The van der Waals surface area contributed by atoms with E-state index in [-0.39, 0.29) is 30.9 Å². The van der Waals surface area contributed by atoms with Crippen LogP contribution in [-0.4, -0.2) is 53.0 Å². The summed E-state index contributed by atoms with van der Waals surface area (Å²) < 4.78 is 0. The second-order valence-corrected chi connectivity index (χ2v) is 6.50. The molecule has 132 valence electrons. The van der Waals surface area contributed by atoms with Crippen LogP contribution in [0.3, 0.4) is 0 Å². The van der Waals surface area contributed by atoms with Crippen molar-refractivity contribution in [3.63, 3.8) is 0 Å². The van der Waals surface area contributed by atoms with Crippen molar-refractivity contribution in [1.29, 1.82) is 0 Å². The zero-order chi connectivity index (χ0) is 17.5. The summed E-state index contributed by atoms with van der Waals surface area (Å²) in [6, 6.07) is 3.25. The summed E-state index contributed by atoms with van der Waals surface area (Å²) in [4.78, 5) is 30.2. The lowest BCUT2D eigenvalue weighted by Gasteiger charge is -2.38. The second-order valence-electron chi connectivity index (χ2n) is 6.11. The van der Waals surface area contributed by atoms with Crippen molar-refractivity contribution in [2.45, 2.75) is 26.2 Å². The minimum Gasteiger partial charge on any atom is -0.395 e. The fourth-order valence-corrected chi connectivity index (χ4v) is 3.39. The normalized spacial score (nSPS) is 20.7. The van der Waals surface area contributed by atoms with Gasteiger partial charge in [0.15, 0.2) is 0 Å². The van der Waals surface area contributed by atoms with E-state index in [2.05, 4.69) is 17.2 Å². The molecule has 1 aliphatic rings. The Bertz CT molecular complexity index is 582. The zero-order valence-electron chi connectivity index (χ0n) is 13.9. The van der Waals surface area contributed by atoms with Crippen LogP contribution >= 0.6 is 11.6 Å². The van der Waals surface area contributed by atoms with Crippen LogP contribution in [0.2, 0.25) is 5.15 Å². The quantitative estimate of drug-likeness (QED) is 0.763. The molecule has 0 aromatic carbocycles. The minimum absolute atomic E-state index is 0.0341. The molecule has 7 heteroatoms. The third kappa shape index (κ3) is 4.92. The first-order valence-electron chi connectivity index (χ1n) is 8.33. The van der Waals surface area contributed by atoms with Gasteiger partial charge in [0.1, 0.15) is 5.15 Å². The highest BCUT2D eigenvalue weighted by Crippen LogP contribution is 2.29. The molecule has 0 radical (unpaired) electrons. The summed E-state index contributed by atoms with van der Waals surface area (Å²) in [6.07, 6.45) is 3.70. The summed E-state index contributed by atoms with van der Waals surface area (Å²) in [7, 11) is 0. The lowest BCUT2D eigenvalue weighted by molar-refractivity contribution is -0.123. The van der Waals surface area contributed by atoms with Crippen molar-refractivity contribution in [2.75, 3.05) is 26.2 Å². The van der Waals surface area contributed by atoms with Gasteiger partial charge in [-0.1, -0.05) is 24.9 Å². The van der Waals surface area contributed by atoms with E-state index in [0.29, 0.717) is 36.1 Å². The number of hydrogen-bond acceptors (Lipinski definition) is 4. The number of pyridine rings is 1. The molecule has 2 amide bonds. The van der Waals surface area contributed by atoms with E-state index < -0.39 is 0 Å². The van der Waals surface area contributed by atoms with Gasteiger partial charge < -0.3 is 15.3 Å². The van der Waals surface area contributed by atoms with E-state index >= 15 is 0 Å². The number of nitrogens with one attached hydrogen (secondary N) is 1. The summed E-state index contributed by atoms with van der Waals surface area (Å²) in [6.45, 7) is 3.60. The molecule has 2 rings (SSSR count). The molecule has 2 heterocycles. The van der Waals surface area contributed by atoms with Gasteiger partial charge in [0.05, 0.1) is 6.61 Å². The molecule has 1 aromatic rings. The average Bonchev–Trinajstić information content (AvgIpc) is 2.59. The molecule has 1 aliphatic heterocycles. The molecule has 2 atom stereocenters. The Morgan fingerprint density at radius 1 is 1.46 bits per heavy atom. The molecule has 24 heavy (non-hydrogen) atoms. The molecule has 0 saturated carbocycles. The van der Waals surface area contributed by atoms with Crippen LogP contribution in [0.25, 0.3) is 0 Å². The number of likely N-dealkylation sites (tertiary alicyclic amines) is 1. The number of aromatic nitrogens is 1. The standard InChI is InChI=1S/C17H24ClN3O3/c1-2-12-11-21(17(24)14-3-5-19-15(18)9-14)7-4-13(12)10-16(23)20-6-8-22/h3,5,9,12-13,22H,2,4,6-8,10-11H2,1H3,(H,20,23)/t12-,13-/m0/s1. The number of piperidine rings is 1. The maximum atomic E-state index is 12.6. The number of aliphatic hydroxyl groups is 1. The first-order valence-corrected chi connectivity index (χ1v) is 8.71. The fraction of sp³-hybridized carbons (Fsp3) is 0.588. The van der Waals surface area contributed by atoms with Crippen LogP contribution in [0.15, 0.2) is 18.3 Å². The van der Waals surface area contributed by atoms with Crippen LogP contribution in [-0.2, 0) is 4.79 Å². The lowest BCUT2D eigenvalue weighted by Crippen LogP contribution is -2.45. The molecule has 0 spiro atoms. The number of amides is 2. The fourth-order valence-electron chi connectivity index (χ4n) is 3.22. The van der Waals surface area contributed by atoms with Crippen molar-refractivity contribution in [3.8, 4) is 0 Å². The monoisotopic (exact) mass is 353 g/mol. The van der Waals surface area contributed by atoms with Crippen molar-refractivity contribution in [2.24, 2.45) is 11.8 Å². The Kier molecular flexibility index (Phi) is 6.99. The van der Waals surface area contributed by atoms with Crippen molar-refractivity contribution in [1.82, 2.24) is 15.2 Å². The second kappa shape index (κ2) is 8.99. The largest absolute Gasteiger partial charge is 0.395 e. The van der Waals surface area contributed by atoms with Crippen molar-refractivity contribution in [3.05, 3.63) is 29.0 Å². The van der Waals surface area contributed by atoms with Gasteiger partial charge >= 0.3 is 0 Å². The van der Waals surface area contributed by atoms with Crippen LogP contribution in [0, 0.1) is 11.8 Å². The van der Waals surface area contributed by atoms with E-state index in [1.54, 1.807) is 12.1 Å². The smallest absolute Gasteiger partial charge is 0.254 e. The Balaban J connectivity index is 1.96. The highest BCUT2D eigenvalue weighted by Gasteiger charge is 2.32. The summed E-state index contributed by atoms with van der Waals surface area (Å²) >= 11 is 5.86. The van der Waals surface area contributed by atoms with Gasteiger partial charge in [-0.05, 0) is 30.4 Å². The number of aliphatic hydroxyl groups excluding tert-OH is 1. The number of carbonyl (C=O) groups is 2. The summed E-state index contributed by atoms with van der Waals surface area (Å²) in [5, 5.41) is 11.8. The molecule has 1 fully saturated rings. The Labute approximate surface area is 147 Å². The summed E-state index contributed by atoms with van der Waals surface area (Å²) in [5.41, 5.74) is 0.545. The van der Waals surface area contributed by atoms with Gasteiger partial charge in [0.2, 0.25) is 5.91 Å². The molecule has 0 bridgehead atoms. The topological polar surface area (TPSA) is 82.5 Å². The van der Waals surface area contributed by atoms with E-state index in [9.17, 15) is 9.59 Å². The molecule has 0 aliphatic carbocycles. The van der Waals surface area contributed by atoms with Crippen molar-refractivity contribution < 1.29 is 14.7 Å². The number of hydrogen-bond donors (Lipinski definition) is 2. The van der Waals surface area contributed by atoms with Gasteiger partial charge in [-0.25, -0.2) is 4.98 Å². The van der Waals surface area contributed by atoms with Gasteiger partial charge in [0, 0.05) is 37.8 Å². The third-order valence-corrected chi connectivity index (χ3v) is 4.76. The van der Waals surface area contributed by atoms with Gasteiger partial charge in [-0.15, -0.1) is 0 Å². The predicted molar refractivity (Wildman–Crippen MR) is 91.8 cm³/mol. The number of halogens is 1. The average molecular weight is 354 g/mol. The van der Waals surface area contributed by atoms with Crippen LogP contribution in [0.1, 0.15) is 36.5 Å². The molecule has 2 N–H and O–H groups in total. The Hall–Kier alpha value is -1.66. The van der Waals surface area contributed by atoms with Gasteiger partial charge in [-0.3, -0.25) is 9.59 Å². The van der Waals surface area contributed by atoms with Gasteiger partial charge in [0.25, 0.3) is 5.91 Å². The Morgan fingerprint density at radius 3 is 2.92 bits per heavy atom. The lowest BCUT2D eigenvalue weighted by atomic mass is 9.81. The maximum Gasteiger partial charge on any atom is 0.254 e. The maximum absolute atomic E-state index is 12.6. The summed E-state index contributed by atoms with van der Waals surface area (Å²) in [5.74, 6) is 0.479. The number of carbonyl (C=O) groups excluding carboxylic acids is 2. The SMILES string of the molecule is CC[C@H]1CN(C(=O)c2ccnc(Cl)c2)CC[C@H]1CC(=O)NCCO. The first-order chi connectivity index (χ1) is 11.5. The molecule has 6 nitrogen and oxygen atoms in total. The molecular weight excluding hydrogens is 330 g/mol. The minimum atomic E-state index is -0.0512. The predicted octanol–water partition coefficient (Wildman–Crippen LogP) is 1.72. The number of nitrogens with zero attached hydrogens (tertiary/aromatic N) is 2. The van der Waals surface area contributed by atoms with E-state index in [0.717, 1.165) is 12.8 Å². The molecule has 1 aromatic heterocycles. The highest BCUT2D eigenvalue weighted by molar-refractivity contribution is 6.29. The van der Waals surface area contributed by atoms with Crippen molar-refractivity contribution >= 4 is 23.4 Å². The highest BCUT2D eigenvalue weighted by atomic mass is 35.5. The van der Waals surface area contributed by atoms with Gasteiger partial charge in [-0.2, -0.15) is 0 Å². The third-order valence-electron chi connectivity index (χ3n) is 4.56. The molecule has 0 unspecified atom stereocenters. The Morgan fingerprint density at radius 2 is 2.25 bits per heavy atom. The van der Waals surface area contributed by atoms with Crippen LogP contribution in [0.4, 0.5) is 0 Å².